The highest BCUT2D eigenvalue weighted by Crippen LogP contribution is 2.38. The maximum absolute atomic E-state index is 12.6. The number of ether oxygens (including phenoxy) is 1. The van der Waals surface area contributed by atoms with Crippen LogP contribution in [0.5, 0.6) is 0 Å². The predicted molar refractivity (Wildman–Crippen MR) is 70.6 cm³/mol. The van der Waals surface area contributed by atoms with Gasteiger partial charge in [0.15, 0.2) is 0 Å². The minimum atomic E-state index is -4.07. The normalized spacial score (nSPS) is 26.2. The van der Waals surface area contributed by atoms with Gasteiger partial charge in [0.1, 0.15) is 5.76 Å². The van der Waals surface area contributed by atoms with Crippen LogP contribution in [0.3, 0.4) is 0 Å². The fraction of sp³-hybridized carbons (Fsp3) is 0.600. The van der Waals surface area contributed by atoms with E-state index >= 15 is 0 Å². The van der Waals surface area contributed by atoms with E-state index in [-0.39, 0.29) is 18.9 Å². The molecule has 0 aromatic rings. The van der Waals surface area contributed by atoms with Gasteiger partial charge in [0.05, 0.1) is 12.0 Å². The van der Waals surface area contributed by atoms with Crippen molar-refractivity contribution in [2.24, 2.45) is 5.92 Å². The Hall–Kier alpha value is -1.19. The highest BCUT2D eigenvalue weighted by molar-refractivity contribution is 5.26. The first kappa shape index (κ1) is 15.9. The molecule has 0 N–H and O–H groups in total. The smallest absolute Gasteiger partial charge is 0.391 e. The summed E-state index contributed by atoms with van der Waals surface area (Å²) >= 11 is 0. The van der Waals surface area contributed by atoms with Crippen molar-refractivity contribution in [1.29, 1.82) is 0 Å². The third-order valence-corrected chi connectivity index (χ3v) is 3.42. The first-order chi connectivity index (χ1) is 8.88. The molecule has 0 saturated heterocycles. The van der Waals surface area contributed by atoms with Crippen LogP contribution in [0.4, 0.5) is 13.2 Å². The fourth-order valence-corrected chi connectivity index (χ4v) is 2.32. The third-order valence-electron chi connectivity index (χ3n) is 3.42. The van der Waals surface area contributed by atoms with E-state index in [1.165, 1.54) is 0 Å². The standard InChI is InChI=1S/C15H21F3O/c1-4-6-11(3)14(5-2)19-13-9-7-12(8-10-13)15(16,17)18/h4-6,12-13H,2,7-10H2,1,3H3/b6-4-,14-11-. The van der Waals surface area contributed by atoms with Crippen LogP contribution in [0.2, 0.25) is 0 Å². The molecule has 19 heavy (non-hydrogen) atoms. The first-order valence-electron chi connectivity index (χ1n) is 6.57. The molecule has 108 valence electrons. The highest BCUT2D eigenvalue weighted by Gasteiger charge is 2.41. The van der Waals surface area contributed by atoms with Crippen molar-refractivity contribution in [3.05, 3.63) is 36.1 Å². The van der Waals surface area contributed by atoms with Gasteiger partial charge in [-0.2, -0.15) is 13.2 Å². The molecule has 0 heterocycles. The highest BCUT2D eigenvalue weighted by atomic mass is 19.4. The Bertz CT molecular complexity index is 358. The average molecular weight is 274 g/mol. The van der Waals surface area contributed by atoms with Crippen LogP contribution in [0.1, 0.15) is 39.5 Å². The fourth-order valence-electron chi connectivity index (χ4n) is 2.32. The summed E-state index contributed by atoms with van der Waals surface area (Å²) in [6, 6.07) is 0. The van der Waals surface area contributed by atoms with E-state index in [1.54, 1.807) is 6.08 Å². The summed E-state index contributed by atoms with van der Waals surface area (Å²) in [4.78, 5) is 0. The van der Waals surface area contributed by atoms with E-state index < -0.39 is 12.1 Å². The molecule has 1 fully saturated rings. The summed E-state index contributed by atoms with van der Waals surface area (Å²) in [5.74, 6) is -0.506. The molecule has 1 nitrogen and oxygen atoms in total. The zero-order chi connectivity index (χ0) is 14.5. The Morgan fingerprint density at radius 3 is 2.21 bits per heavy atom. The molecule has 1 aliphatic carbocycles. The molecule has 0 bridgehead atoms. The lowest BCUT2D eigenvalue weighted by Gasteiger charge is -2.30. The molecule has 0 amide bonds. The third kappa shape index (κ3) is 4.77. The van der Waals surface area contributed by atoms with Crippen LogP contribution in [-0.2, 0) is 4.74 Å². The molecule has 1 saturated carbocycles. The second-order valence-corrected chi connectivity index (χ2v) is 4.88. The zero-order valence-electron chi connectivity index (χ0n) is 11.5. The topological polar surface area (TPSA) is 9.23 Å². The summed E-state index contributed by atoms with van der Waals surface area (Å²) in [5.41, 5.74) is 0.940. The van der Waals surface area contributed by atoms with Crippen molar-refractivity contribution in [2.75, 3.05) is 0 Å². The molecule has 0 unspecified atom stereocenters. The molecule has 0 spiro atoms. The van der Waals surface area contributed by atoms with Gasteiger partial charge in [-0.15, -0.1) is 0 Å². The van der Waals surface area contributed by atoms with Crippen molar-refractivity contribution in [2.45, 2.75) is 51.8 Å². The number of alkyl halides is 3. The second kappa shape index (κ2) is 6.83. The quantitative estimate of drug-likeness (QED) is 0.508. The van der Waals surface area contributed by atoms with Crippen LogP contribution in [0.15, 0.2) is 36.1 Å². The molecule has 0 atom stereocenters. The summed E-state index contributed by atoms with van der Waals surface area (Å²) < 4.78 is 43.4. The van der Waals surface area contributed by atoms with Crippen LogP contribution < -0.4 is 0 Å². The van der Waals surface area contributed by atoms with E-state index in [0.29, 0.717) is 18.6 Å². The molecule has 1 aliphatic rings. The van der Waals surface area contributed by atoms with Gasteiger partial charge < -0.3 is 4.74 Å². The summed E-state index contributed by atoms with van der Waals surface area (Å²) in [7, 11) is 0. The lowest BCUT2D eigenvalue weighted by atomic mass is 9.87. The summed E-state index contributed by atoms with van der Waals surface area (Å²) in [5, 5.41) is 0. The van der Waals surface area contributed by atoms with Crippen molar-refractivity contribution in [1.82, 2.24) is 0 Å². The molecular formula is C15H21F3O. The molecule has 4 heteroatoms. The van der Waals surface area contributed by atoms with Crippen LogP contribution in [0.25, 0.3) is 0 Å². The Morgan fingerprint density at radius 2 is 1.79 bits per heavy atom. The molecular weight excluding hydrogens is 253 g/mol. The summed E-state index contributed by atoms with van der Waals surface area (Å²) in [6.45, 7) is 7.49. The maximum Gasteiger partial charge on any atom is 0.391 e. The van der Waals surface area contributed by atoms with Crippen LogP contribution in [0, 0.1) is 5.92 Å². The number of hydrogen-bond donors (Lipinski definition) is 0. The van der Waals surface area contributed by atoms with Crippen molar-refractivity contribution in [3.63, 3.8) is 0 Å². The van der Waals surface area contributed by atoms with E-state index in [1.807, 2.05) is 26.0 Å². The predicted octanol–water partition coefficient (Wildman–Crippen LogP) is 5.16. The lowest BCUT2D eigenvalue weighted by Crippen LogP contribution is -2.30. The Balaban J connectivity index is 2.57. The van der Waals surface area contributed by atoms with E-state index in [2.05, 4.69) is 6.58 Å². The monoisotopic (exact) mass is 274 g/mol. The summed E-state index contributed by atoms with van der Waals surface area (Å²) in [6.07, 6.45) is 2.42. The van der Waals surface area contributed by atoms with E-state index in [0.717, 1.165) is 5.57 Å². The molecule has 0 aliphatic heterocycles. The Kier molecular flexibility index (Phi) is 5.70. The van der Waals surface area contributed by atoms with Gasteiger partial charge in [0.25, 0.3) is 0 Å². The van der Waals surface area contributed by atoms with Gasteiger partial charge in [-0.3, -0.25) is 0 Å². The van der Waals surface area contributed by atoms with Gasteiger partial charge in [-0.25, -0.2) is 0 Å². The van der Waals surface area contributed by atoms with Gasteiger partial charge in [0.2, 0.25) is 0 Å². The maximum atomic E-state index is 12.6. The SMILES string of the molecule is C=C/C(OC1CCC(C(F)(F)F)CC1)=C(C)/C=C\C. The lowest BCUT2D eigenvalue weighted by molar-refractivity contribution is -0.186. The number of halogens is 3. The van der Waals surface area contributed by atoms with Crippen LogP contribution >= 0.6 is 0 Å². The number of rotatable bonds is 4. The van der Waals surface area contributed by atoms with Gasteiger partial charge >= 0.3 is 6.18 Å². The number of hydrogen-bond acceptors (Lipinski definition) is 1. The minimum absolute atomic E-state index is 0.133. The van der Waals surface area contributed by atoms with Gasteiger partial charge in [-0.1, -0.05) is 18.7 Å². The largest absolute Gasteiger partial charge is 0.490 e. The van der Waals surface area contributed by atoms with Crippen molar-refractivity contribution >= 4 is 0 Å². The van der Waals surface area contributed by atoms with Gasteiger partial charge in [0, 0.05) is 0 Å². The minimum Gasteiger partial charge on any atom is -0.490 e. The van der Waals surface area contributed by atoms with Gasteiger partial charge in [-0.05, 0) is 51.2 Å². The molecule has 0 radical (unpaired) electrons. The number of allylic oxidation sites excluding steroid dienone is 4. The van der Waals surface area contributed by atoms with E-state index in [9.17, 15) is 13.2 Å². The Morgan fingerprint density at radius 1 is 1.21 bits per heavy atom. The molecule has 0 aromatic heterocycles. The van der Waals surface area contributed by atoms with E-state index in [4.69, 9.17) is 4.74 Å². The molecule has 1 rings (SSSR count). The average Bonchev–Trinajstić information content (AvgIpc) is 2.35. The van der Waals surface area contributed by atoms with Crippen LogP contribution in [-0.4, -0.2) is 12.3 Å². The zero-order valence-corrected chi connectivity index (χ0v) is 11.5. The molecule has 0 aromatic carbocycles. The first-order valence-corrected chi connectivity index (χ1v) is 6.57. The van der Waals surface area contributed by atoms with Crippen molar-refractivity contribution < 1.29 is 17.9 Å². The second-order valence-electron chi connectivity index (χ2n) is 4.88. The van der Waals surface area contributed by atoms with Crippen molar-refractivity contribution in [3.8, 4) is 0 Å². The Labute approximate surface area is 112 Å².